The quantitative estimate of drug-likeness (QED) is 0.455. The molecule has 0 bridgehead atoms. The van der Waals surface area contributed by atoms with E-state index in [1.807, 2.05) is 0 Å². The zero-order chi connectivity index (χ0) is 14.3. The predicted molar refractivity (Wildman–Crippen MR) is 69.9 cm³/mol. The normalized spacial score (nSPS) is 9.84. The molecule has 0 unspecified atom stereocenters. The molecule has 1 aromatic carbocycles. The number of nitrogens with one attached hydrogen (secondary N) is 1. The van der Waals surface area contributed by atoms with E-state index >= 15 is 0 Å². The summed E-state index contributed by atoms with van der Waals surface area (Å²) in [5.41, 5.74) is 0.535. The molecule has 102 valence electrons. The Kier molecular flexibility index (Phi) is 6.04. The molecule has 3 N–H and O–H groups in total. The maximum atomic E-state index is 11.7. The summed E-state index contributed by atoms with van der Waals surface area (Å²) >= 11 is 0. The van der Waals surface area contributed by atoms with E-state index in [0.717, 1.165) is 0 Å². The molecule has 6 nitrogen and oxygen atoms in total. The Hall–Kier alpha value is -1.86. The van der Waals surface area contributed by atoms with Crippen LogP contribution in [0, 0.1) is 0 Å². The molecular weight excluding hydrogens is 249 g/mol. The van der Waals surface area contributed by atoms with Crippen LogP contribution >= 0.6 is 0 Å². The standard InChI is InChI=1S/C12H16BNO5/c1-2-19-11(15)6-7-14-12(16)9-4-3-5-10(8-9)13(17)18/h3-5,8,17-18H,2,6-7H2,1H3,(H,14,16). The van der Waals surface area contributed by atoms with Crippen LogP contribution in [-0.4, -0.2) is 42.2 Å². The third-order valence-electron chi connectivity index (χ3n) is 2.37. The Morgan fingerprint density at radius 1 is 1.37 bits per heavy atom. The molecule has 1 rings (SSSR count). The van der Waals surface area contributed by atoms with Crippen molar-refractivity contribution in [2.24, 2.45) is 0 Å². The van der Waals surface area contributed by atoms with E-state index in [1.54, 1.807) is 19.1 Å². The molecule has 7 heteroatoms. The number of carbonyl (C=O) groups is 2. The molecule has 0 atom stereocenters. The summed E-state index contributed by atoms with van der Waals surface area (Å²) < 4.78 is 4.72. The van der Waals surface area contributed by atoms with Gasteiger partial charge < -0.3 is 20.1 Å². The fourth-order valence-corrected chi connectivity index (χ4v) is 1.45. The van der Waals surface area contributed by atoms with Gasteiger partial charge in [0.15, 0.2) is 0 Å². The predicted octanol–water partition coefficient (Wildman–Crippen LogP) is -0.951. The topological polar surface area (TPSA) is 95.9 Å². The number of hydrogen-bond donors (Lipinski definition) is 3. The minimum Gasteiger partial charge on any atom is -0.466 e. The monoisotopic (exact) mass is 265 g/mol. The minimum atomic E-state index is -1.62. The van der Waals surface area contributed by atoms with E-state index in [4.69, 9.17) is 14.8 Å². The van der Waals surface area contributed by atoms with Gasteiger partial charge in [-0.2, -0.15) is 0 Å². The Labute approximate surface area is 111 Å². The van der Waals surface area contributed by atoms with E-state index in [2.05, 4.69) is 5.32 Å². The lowest BCUT2D eigenvalue weighted by Gasteiger charge is -2.06. The molecule has 1 amide bonds. The first-order valence-corrected chi connectivity index (χ1v) is 5.94. The number of ether oxygens (including phenoxy) is 1. The lowest BCUT2D eigenvalue weighted by Crippen LogP contribution is -2.32. The van der Waals surface area contributed by atoms with Crippen LogP contribution in [0.25, 0.3) is 0 Å². The Morgan fingerprint density at radius 2 is 2.11 bits per heavy atom. The van der Waals surface area contributed by atoms with Crippen molar-refractivity contribution in [3.63, 3.8) is 0 Å². The average Bonchev–Trinajstić information content (AvgIpc) is 2.39. The van der Waals surface area contributed by atoms with Crippen LogP contribution in [0.1, 0.15) is 23.7 Å². The van der Waals surface area contributed by atoms with Crippen LogP contribution in [-0.2, 0) is 9.53 Å². The molecule has 0 fully saturated rings. The van der Waals surface area contributed by atoms with Gasteiger partial charge in [-0.15, -0.1) is 0 Å². The Bertz CT molecular complexity index is 450. The SMILES string of the molecule is CCOC(=O)CCNC(=O)c1cccc(B(O)O)c1. The summed E-state index contributed by atoms with van der Waals surface area (Å²) in [5.74, 6) is -0.755. The summed E-state index contributed by atoms with van der Waals surface area (Å²) in [6.45, 7) is 2.19. The number of carbonyl (C=O) groups excluding carboxylic acids is 2. The highest BCUT2D eigenvalue weighted by Crippen LogP contribution is 1.97. The number of amides is 1. The van der Waals surface area contributed by atoms with Crippen LogP contribution in [0.3, 0.4) is 0 Å². The lowest BCUT2D eigenvalue weighted by atomic mass is 9.79. The minimum absolute atomic E-state index is 0.0991. The molecule has 1 aromatic rings. The molecule has 0 aliphatic heterocycles. The lowest BCUT2D eigenvalue weighted by molar-refractivity contribution is -0.142. The van der Waals surface area contributed by atoms with Crippen molar-refractivity contribution < 1.29 is 24.4 Å². The molecular formula is C12H16BNO5. The van der Waals surface area contributed by atoms with Crippen molar-refractivity contribution in [1.29, 1.82) is 0 Å². The molecule has 0 aliphatic rings. The van der Waals surface area contributed by atoms with Crippen LogP contribution < -0.4 is 10.8 Å². The highest BCUT2D eigenvalue weighted by molar-refractivity contribution is 6.58. The van der Waals surface area contributed by atoms with E-state index in [-0.39, 0.29) is 30.3 Å². The third-order valence-corrected chi connectivity index (χ3v) is 2.37. The van der Waals surface area contributed by atoms with E-state index < -0.39 is 7.12 Å². The maximum Gasteiger partial charge on any atom is 0.488 e. The van der Waals surface area contributed by atoms with E-state index in [9.17, 15) is 9.59 Å². The molecule has 0 saturated carbocycles. The van der Waals surface area contributed by atoms with Gasteiger partial charge in [-0.25, -0.2) is 0 Å². The van der Waals surface area contributed by atoms with Gasteiger partial charge >= 0.3 is 13.1 Å². The second kappa shape index (κ2) is 7.55. The zero-order valence-corrected chi connectivity index (χ0v) is 10.6. The zero-order valence-electron chi connectivity index (χ0n) is 10.6. The van der Waals surface area contributed by atoms with Crippen LogP contribution in [0.15, 0.2) is 24.3 Å². The van der Waals surface area contributed by atoms with Crippen LogP contribution in [0.2, 0.25) is 0 Å². The van der Waals surface area contributed by atoms with Gasteiger partial charge in [0.1, 0.15) is 0 Å². The highest BCUT2D eigenvalue weighted by Gasteiger charge is 2.13. The largest absolute Gasteiger partial charge is 0.488 e. The van der Waals surface area contributed by atoms with Gasteiger partial charge in [-0.3, -0.25) is 9.59 Å². The Balaban J connectivity index is 2.49. The highest BCUT2D eigenvalue weighted by atomic mass is 16.5. The average molecular weight is 265 g/mol. The first kappa shape index (κ1) is 15.2. The second-order valence-corrected chi connectivity index (χ2v) is 3.81. The smallest absolute Gasteiger partial charge is 0.466 e. The van der Waals surface area contributed by atoms with E-state index in [1.165, 1.54) is 12.1 Å². The van der Waals surface area contributed by atoms with Crippen molar-refractivity contribution in [2.75, 3.05) is 13.2 Å². The fraction of sp³-hybridized carbons (Fsp3) is 0.333. The van der Waals surface area contributed by atoms with Gasteiger partial charge in [0.05, 0.1) is 13.0 Å². The molecule has 0 radical (unpaired) electrons. The first-order valence-electron chi connectivity index (χ1n) is 5.94. The van der Waals surface area contributed by atoms with E-state index in [0.29, 0.717) is 12.2 Å². The van der Waals surface area contributed by atoms with Gasteiger partial charge in [-0.1, -0.05) is 12.1 Å². The molecule has 0 aliphatic carbocycles. The van der Waals surface area contributed by atoms with Crippen molar-refractivity contribution in [3.8, 4) is 0 Å². The summed E-state index contributed by atoms with van der Waals surface area (Å²) in [4.78, 5) is 22.8. The third kappa shape index (κ3) is 5.11. The summed E-state index contributed by atoms with van der Waals surface area (Å²) in [7, 11) is -1.62. The van der Waals surface area contributed by atoms with Gasteiger partial charge in [0.25, 0.3) is 5.91 Å². The number of rotatable bonds is 6. The summed E-state index contributed by atoms with van der Waals surface area (Å²) in [6.07, 6.45) is 0.0991. The number of esters is 1. The molecule has 0 saturated heterocycles. The first-order chi connectivity index (χ1) is 9.04. The van der Waals surface area contributed by atoms with Gasteiger partial charge in [-0.05, 0) is 24.5 Å². The van der Waals surface area contributed by atoms with Gasteiger partial charge in [0.2, 0.25) is 0 Å². The Morgan fingerprint density at radius 3 is 2.74 bits per heavy atom. The van der Waals surface area contributed by atoms with Crippen molar-refractivity contribution >= 4 is 24.5 Å². The fourth-order valence-electron chi connectivity index (χ4n) is 1.45. The van der Waals surface area contributed by atoms with Crippen molar-refractivity contribution in [2.45, 2.75) is 13.3 Å². The molecule has 0 aromatic heterocycles. The van der Waals surface area contributed by atoms with Crippen molar-refractivity contribution in [1.82, 2.24) is 5.32 Å². The van der Waals surface area contributed by atoms with Crippen LogP contribution in [0.5, 0.6) is 0 Å². The van der Waals surface area contributed by atoms with Crippen LogP contribution in [0.4, 0.5) is 0 Å². The van der Waals surface area contributed by atoms with Crippen molar-refractivity contribution in [3.05, 3.63) is 29.8 Å². The molecule has 0 spiro atoms. The molecule has 0 heterocycles. The second-order valence-electron chi connectivity index (χ2n) is 3.81. The summed E-state index contributed by atoms with van der Waals surface area (Å²) in [5, 5.41) is 20.6. The number of benzene rings is 1. The molecule has 19 heavy (non-hydrogen) atoms. The summed E-state index contributed by atoms with van der Waals surface area (Å²) in [6, 6.07) is 5.98. The number of hydrogen-bond acceptors (Lipinski definition) is 5. The van der Waals surface area contributed by atoms with Gasteiger partial charge in [0, 0.05) is 12.1 Å². The maximum absolute atomic E-state index is 11.7.